The Balaban J connectivity index is 1.89. The number of nitrogens with zero attached hydrogens (tertiary/aromatic N) is 3. The molecule has 1 aliphatic rings. The number of carboxylic acids is 1. The Morgan fingerprint density at radius 1 is 1.63 bits per heavy atom. The first-order valence-electron chi connectivity index (χ1n) is 6.03. The molecule has 2 heterocycles. The average Bonchev–Trinajstić information content (AvgIpc) is 2.95. The number of carbonyl (C=O) groups is 2. The van der Waals surface area contributed by atoms with Crippen LogP contribution in [-0.4, -0.2) is 49.0 Å². The lowest BCUT2D eigenvalue weighted by molar-refractivity contribution is -0.137. The summed E-state index contributed by atoms with van der Waals surface area (Å²) < 4.78 is 1.22. The van der Waals surface area contributed by atoms with E-state index in [1.54, 1.807) is 0 Å². The van der Waals surface area contributed by atoms with E-state index in [0.29, 0.717) is 6.54 Å². The molecule has 1 atom stereocenters. The lowest BCUT2D eigenvalue weighted by Gasteiger charge is -2.22. The molecular weight excluding hydrogens is 268 g/mol. The summed E-state index contributed by atoms with van der Waals surface area (Å²) >= 11 is 1.86. The molecular formula is C11H16N4O3S. The molecule has 0 aromatic carbocycles. The first-order chi connectivity index (χ1) is 8.98. The van der Waals surface area contributed by atoms with E-state index in [9.17, 15) is 9.59 Å². The first kappa shape index (κ1) is 13.9. The predicted molar refractivity (Wildman–Crippen MR) is 70.1 cm³/mol. The SMILES string of the molecule is CC1(CNC(=O)c2cn(CC(=O)O)nn2)CCCS1. The van der Waals surface area contributed by atoms with Crippen molar-refractivity contribution >= 4 is 23.6 Å². The summed E-state index contributed by atoms with van der Waals surface area (Å²) in [6.07, 6.45) is 3.60. The minimum absolute atomic E-state index is 0.0900. The van der Waals surface area contributed by atoms with Gasteiger partial charge in [0.05, 0.1) is 6.20 Å². The molecule has 1 aliphatic heterocycles. The normalized spacial score (nSPS) is 22.4. The van der Waals surface area contributed by atoms with Crippen molar-refractivity contribution in [2.75, 3.05) is 12.3 Å². The van der Waals surface area contributed by atoms with Gasteiger partial charge < -0.3 is 10.4 Å². The third-order valence-corrected chi connectivity index (χ3v) is 4.53. The molecule has 104 valence electrons. The van der Waals surface area contributed by atoms with Gasteiger partial charge >= 0.3 is 5.97 Å². The highest BCUT2D eigenvalue weighted by Gasteiger charge is 2.30. The van der Waals surface area contributed by atoms with E-state index in [-0.39, 0.29) is 22.9 Å². The van der Waals surface area contributed by atoms with Gasteiger partial charge in [-0.1, -0.05) is 5.21 Å². The fourth-order valence-electron chi connectivity index (χ4n) is 1.95. The van der Waals surface area contributed by atoms with E-state index in [2.05, 4.69) is 22.6 Å². The molecule has 0 radical (unpaired) electrons. The van der Waals surface area contributed by atoms with E-state index in [4.69, 9.17) is 5.11 Å². The van der Waals surface area contributed by atoms with Gasteiger partial charge in [0.25, 0.3) is 5.91 Å². The predicted octanol–water partition coefficient (Wildman–Crippen LogP) is 0.378. The van der Waals surface area contributed by atoms with Crippen LogP contribution in [0.15, 0.2) is 6.20 Å². The van der Waals surface area contributed by atoms with E-state index in [1.165, 1.54) is 12.6 Å². The Morgan fingerprint density at radius 2 is 2.42 bits per heavy atom. The molecule has 1 amide bonds. The highest BCUT2D eigenvalue weighted by Crippen LogP contribution is 2.36. The Morgan fingerprint density at radius 3 is 3.05 bits per heavy atom. The van der Waals surface area contributed by atoms with Crippen LogP contribution in [0.5, 0.6) is 0 Å². The minimum Gasteiger partial charge on any atom is -0.480 e. The van der Waals surface area contributed by atoms with E-state index < -0.39 is 5.97 Å². The zero-order chi connectivity index (χ0) is 13.9. The second kappa shape index (κ2) is 5.60. The number of carbonyl (C=O) groups excluding carboxylic acids is 1. The molecule has 1 unspecified atom stereocenters. The van der Waals surface area contributed by atoms with Gasteiger partial charge in [-0.15, -0.1) is 5.10 Å². The number of aromatic nitrogens is 3. The van der Waals surface area contributed by atoms with Crippen LogP contribution in [0.3, 0.4) is 0 Å². The second-order valence-electron chi connectivity index (χ2n) is 4.78. The molecule has 7 nitrogen and oxygen atoms in total. The van der Waals surface area contributed by atoms with Gasteiger partial charge in [0, 0.05) is 11.3 Å². The Labute approximate surface area is 114 Å². The van der Waals surface area contributed by atoms with Crippen LogP contribution in [0.4, 0.5) is 0 Å². The number of hydrogen-bond acceptors (Lipinski definition) is 5. The molecule has 1 aromatic rings. The largest absolute Gasteiger partial charge is 0.480 e. The van der Waals surface area contributed by atoms with Crippen molar-refractivity contribution < 1.29 is 14.7 Å². The smallest absolute Gasteiger partial charge is 0.325 e. The van der Waals surface area contributed by atoms with Crippen LogP contribution in [0.25, 0.3) is 0 Å². The highest BCUT2D eigenvalue weighted by atomic mass is 32.2. The summed E-state index contributed by atoms with van der Waals surface area (Å²) in [5.74, 6) is -0.210. The summed E-state index contributed by atoms with van der Waals surface area (Å²) in [5.41, 5.74) is 0.146. The summed E-state index contributed by atoms with van der Waals surface area (Å²) in [7, 11) is 0. The Kier molecular flexibility index (Phi) is 4.08. The molecule has 0 aliphatic carbocycles. The Hall–Kier alpha value is -1.57. The minimum atomic E-state index is -1.02. The van der Waals surface area contributed by atoms with Gasteiger partial charge in [-0.05, 0) is 25.5 Å². The van der Waals surface area contributed by atoms with Gasteiger partial charge in [0.2, 0.25) is 0 Å². The van der Waals surface area contributed by atoms with Crippen LogP contribution in [-0.2, 0) is 11.3 Å². The summed E-state index contributed by atoms with van der Waals surface area (Å²) in [6, 6.07) is 0. The molecule has 1 saturated heterocycles. The molecule has 2 N–H and O–H groups in total. The van der Waals surface area contributed by atoms with Gasteiger partial charge in [-0.3, -0.25) is 9.59 Å². The van der Waals surface area contributed by atoms with Gasteiger partial charge in [-0.25, -0.2) is 4.68 Å². The summed E-state index contributed by atoms with van der Waals surface area (Å²) in [4.78, 5) is 22.4. The van der Waals surface area contributed by atoms with Gasteiger partial charge in [0.15, 0.2) is 5.69 Å². The standard InChI is InChI=1S/C11H16N4O3S/c1-11(3-2-4-19-11)7-12-10(18)8-5-15(14-13-8)6-9(16)17/h5H,2-4,6-7H2,1H3,(H,12,18)(H,16,17). The van der Waals surface area contributed by atoms with Crippen molar-refractivity contribution in [3.8, 4) is 0 Å². The number of nitrogens with one attached hydrogen (secondary N) is 1. The van der Waals surface area contributed by atoms with Crippen LogP contribution in [0.2, 0.25) is 0 Å². The fraction of sp³-hybridized carbons (Fsp3) is 0.636. The lowest BCUT2D eigenvalue weighted by Crippen LogP contribution is -2.36. The number of carboxylic acid groups (broad SMARTS) is 1. The van der Waals surface area contributed by atoms with Crippen molar-refractivity contribution in [1.82, 2.24) is 20.3 Å². The van der Waals surface area contributed by atoms with Gasteiger partial charge in [-0.2, -0.15) is 11.8 Å². The zero-order valence-corrected chi connectivity index (χ0v) is 11.4. The molecule has 0 spiro atoms. The lowest BCUT2D eigenvalue weighted by atomic mass is 10.1. The number of amides is 1. The van der Waals surface area contributed by atoms with Crippen molar-refractivity contribution in [3.05, 3.63) is 11.9 Å². The van der Waals surface area contributed by atoms with Crippen molar-refractivity contribution in [3.63, 3.8) is 0 Å². The maximum absolute atomic E-state index is 11.9. The number of thioether (sulfide) groups is 1. The van der Waals surface area contributed by atoms with Crippen molar-refractivity contribution in [2.24, 2.45) is 0 Å². The number of hydrogen-bond donors (Lipinski definition) is 2. The van der Waals surface area contributed by atoms with E-state index >= 15 is 0 Å². The fourth-order valence-corrected chi connectivity index (χ4v) is 3.20. The second-order valence-corrected chi connectivity index (χ2v) is 6.46. The van der Waals surface area contributed by atoms with Crippen LogP contribution in [0, 0.1) is 0 Å². The summed E-state index contributed by atoms with van der Waals surface area (Å²) in [6.45, 7) is 2.42. The monoisotopic (exact) mass is 284 g/mol. The molecule has 0 saturated carbocycles. The molecule has 1 aromatic heterocycles. The van der Waals surface area contributed by atoms with E-state index in [0.717, 1.165) is 16.9 Å². The molecule has 19 heavy (non-hydrogen) atoms. The maximum Gasteiger partial charge on any atom is 0.325 e. The van der Waals surface area contributed by atoms with Crippen molar-refractivity contribution in [2.45, 2.75) is 31.1 Å². The zero-order valence-electron chi connectivity index (χ0n) is 10.6. The first-order valence-corrected chi connectivity index (χ1v) is 7.01. The molecule has 1 fully saturated rings. The van der Waals surface area contributed by atoms with Crippen LogP contribution < -0.4 is 5.32 Å². The molecule has 2 rings (SSSR count). The quantitative estimate of drug-likeness (QED) is 0.811. The average molecular weight is 284 g/mol. The third-order valence-electron chi connectivity index (χ3n) is 2.99. The van der Waals surface area contributed by atoms with Gasteiger partial charge in [0.1, 0.15) is 6.54 Å². The van der Waals surface area contributed by atoms with E-state index in [1.807, 2.05) is 11.8 Å². The van der Waals surface area contributed by atoms with Crippen molar-refractivity contribution in [1.29, 1.82) is 0 Å². The van der Waals surface area contributed by atoms with Crippen LogP contribution in [0.1, 0.15) is 30.3 Å². The topological polar surface area (TPSA) is 97.1 Å². The summed E-state index contributed by atoms with van der Waals surface area (Å²) in [5, 5.41) is 18.7. The molecule has 0 bridgehead atoms. The van der Waals surface area contributed by atoms with Crippen LogP contribution >= 0.6 is 11.8 Å². The third kappa shape index (κ3) is 3.69. The highest BCUT2D eigenvalue weighted by molar-refractivity contribution is 8.00. The molecule has 8 heteroatoms. The number of aliphatic carboxylic acids is 1. The number of rotatable bonds is 5. The maximum atomic E-state index is 11.9. The Bertz CT molecular complexity index is 482.